The first-order chi connectivity index (χ1) is 8.95. The number of rotatable bonds is 7. The molecule has 0 fully saturated rings. The van der Waals surface area contributed by atoms with Crippen molar-refractivity contribution in [1.82, 2.24) is 0 Å². The van der Waals surface area contributed by atoms with Gasteiger partial charge in [0.15, 0.2) is 5.78 Å². The molecule has 1 nitrogen and oxygen atoms in total. The van der Waals surface area contributed by atoms with Gasteiger partial charge in [-0.05, 0) is 30.2 Å². The fourth-order valence-corrected chi connectivity index (χ4v) is 2.05. The molecule has 0 aliphatic rings. The van der Waals surface area contributed by atoms with Crippen LogP contribution in [0.3, 0.4) is 0 Å². The third-order valence-electron chi connectivity index (χ3n) is 3.38. The number of allylic oxidation sites excluding steroid dienone is 1. The van der Waals surface area contributed by atoms with Crippen LogP contribution < -0.4 is 0 Å². The van der Waals surface area contributed by atoms with Gasteiger partial charge in [0.2, 0.25) is 0 Å². The van der Waals surface area contributed by atoms with Crippen LogP contribution in [0.5, 0.6) is 0 Å². The van der Waals surface area contributed by atoms with Crippen molar-refractivity contribution in [2.24, 2.45) is 0 Å². The summed E-state index contributed by atoms with van der Waals surface area (Å²) in [6, 6.07) is 8.08. The van der Waals surface area contributed by atoms with Gasteiger partial charge in [0.25, 0.3) is 0 Å². The maximum Gasteiger partial charge on any atom is 0.162 e. The summed E-state index contributed by atoms with van der Waals surface area (Å²) in [7, 11) is 0. The summed E-state index contributed by atoms with van der Waals surface area (Å²) in [6.45, 7) is 10.3. The second kappa shape index (κ2) is 7.28. The zero-order chi connectivity index (χ0) is 14.3. The van der Waals surface area contributed by atoms with Gasteiger partial charge in [-0.3, -0.25) is 4.79 Å². The van der Waals surface area contributed by atoms with Crippen molar-refractivity contribution in [3.05, 3.63) is 48.0 Å². The lowest BCUT2D eigenvalue weighted by Crippen LogP contribution is -2.11. The molecular weight excluding hydrogens is 232 g/mol. The Morgan fingerprint density at radius 1 is 1.11 bits per heavy atom. The lowest BCUT2D eigenvalue weighted by Gasteiger charge is -2.18. The van der Waals surface area contributed by atoms with E-state index in [0.717, 1.165) is 31.2 Å². The fraction of sp³-hybridized carbons (Fsp3) is 0.500. The molecule has 0 bridgehead atoms. The first-order valence-electron chi connectivity index (χ1n) is 7.20. The number of Topliss-reactive ketones (excluding diaryl/α,β-unsaturated/α-hetero) is 1. The monoisotopic (exact) mass is 258 g/mol. The second-order valence-corrected chi connectivity index (χ2v) is 6.14. The molecule has 1 heteroatoms. The first-order valence-corrected chi connectivity index (χ1v) is 7.20. The number of ketones is 1. The Balaban J connectivity index is 2.47. The van der Waals surface area contributed by atoms with E-state index in [4.69, 9.17) is 0 Å². The van der Waals surface area contributed by atoms with Gasteiger partial charge in [-0.2, -0.15) is 0 Å². The molecule has 0 N–H and O–H groups in total. The molecular formula is C18H26O. The van der Waals surface area contributed by atoms with E-state index in [0.29, 0.717) is 6.42 Å². The maximum absolute atomic E-state index is 12.0. The van der Waals surface area contributed by atoms with Crippen molar-refractivity contribution in [2.45, 2.75) is 58.3 Å². The van der Waals surface area contributed by atoms with Gasteiger partial charge < -0.3 is 0 Å². The van der Waals surface area contributed by atoms with Crippen LogP contribution in [0.4, 0.5) is 0 Å². The van der Waals surface area contributed by atoms with Gasteiger partial charge >= 0.3 is 0 Å². The second-order valence-electron chi connectivity index (χ2n) is 6.14. The summed E-state index contributed by atoms with van der Waals surface area (Å²) < 4.78 is 0. The van der Waals surface area contributed by atoms with Gasteiger partial charge in [-0.25, -0.2) is 0 Å². The van der Waals surface area contributed by atoms with E-state index in [2.05, 4.69) is 39.5 Å². The van der Waals surface area contributed by atoms with Crippen LogP contribution in [0, 0.1) is 0 Å². The summed E-state index contributed by atoms with van der Waals surface area (Å²) >= 11 is 0. The number of benzene rings is 1. The average Bonchev–Trinajstić information content (AvgIpc) is 2.37. The highest BCUT2D eigenvalue weighted by Crippen LogP contribution is 2.22. The van der Waals surface area contributed by atoms with Crippen molar-refractivity contribution in [1.29, 1.82) is 0 Å². The highest BCUT2D eigenvalue weighted by molar-refractivity contribution is 5.96. The summed E-state index contributed by atoms with van der Waals surface area (Å²) in [5, 5.41) is 0. The highest BCUT2D eigenvalue weighted by Gasteiger charge is 2.14. The van der Waals surface area contributed by atoms with Crippen LogP contribution in [0.2, 0.25) is 0 Å². The lowest BCUT2D eigenvalue weighted by atomic mass is 9.86. The van der Waals surface area contributed by atoms with Gasteiger partial charge in [-0.15, -0.1) is 6.58 Å². The summed E-state index contributed by atoms with van der Waals surface area (Å²) in [6.07, 6.45) is 6.87. The van der Waals surface area contributed by atoms with Gasteiger partial charge in [0, 0.05) is 12.0 Å². The number of hydrogen-bond donors (Lipinski definition) is 0. The summed E-state index contributed by atoms with van der Waals surface area (Å²) in [5.74, 6) is 0.263. The number of carbonyl (C=O) groups is 1. The van der Waals surface area contributed by atoms with Crippen molar-refractivity contribution in [3.8, 4) is 0 Å². The molecule has 0 saturated heterocycles. The topological polar surface area (TPSA) is 17.1 Å². The van der Waals surface area contributed by atoms with Gasteiger partial charge in [-0.1, -0.05) is 57.5 Å². The number of carbonyl (C=O) groups excluding carboxylic acids is 1. The Labute approximate surface area is 117 Å². The van der Waals surface area contributed by atoms with E-state index < -0.39 is 0 Å². The third-order valence-corrected chi connectivity index (χ3v) is 3.38. The van der Waals surface area contributed by atoms with E-state index in [1.807, 2.05) is 18.2 Å². The third kappa shape index (κ3) is 5.42. The predicted octanol–water partition coefficient (Wildman–Crippen LogP) is 5.30. The predicted molar refractivity (Wildman–Crippen MR) is 82.8 cm³/mol. The molecule has 0 heterocycles. The maximum atomic E-state index is 12.0. The largest absolute Gasteiger partial charge is 0.294 e. The molecule has 0 amide bonds. The zero-order valence-electron chi connectivity index (χ0n) is 12.5. The molecule has 0 radical (unpaired) electrons. The molecule has 0 saturated carbocycles. The van der Waals surface area contributed by atoms with Crippen molar-refractivity contribution < 1.29 is 4.79 Å². The molecule has 1 aromatic carbocycles. The Hall–Kier alpha value is -1.37. The van der Waals surface area contributed by atoms with Crippen molar-refractivity contribution >= 4 is 5.78 Å². The SMILES string of the molecule is C=CCCCCCC(=O)c1ccc(C(C)(C)C)cc1. The summed E-state index contributed by atoms with van der Waals surface area (Å²) in [4.78, 5) is 12.0. The van der Waals surface area contributed by atoms with E-state index in [1.165, 1.54) is 5.56 Å². The molecule has 1 rings (SSSR count). The fourth-order valence-electron chi connectivity index (χ4n) is 2.05. The van der Waals surface area contributed by atoms with E-state index >= 15 is 0 Å². The minimum Gasteiger partial charge on any atom is -0.294 e. The molecule has 19 heavy (non-hydrogen) atoms. The van der Waals surface area contributed by atoms with E-state index in [9.17, 15) is 4.79 Å². The van der Waals surface area contributed by atoms with Crippen LogP contribution in [-0.2, 0) is 5.41 Å². The zero-order valence-corrected chi connectivity index (χ0v) is 12.5. The van der Waals surface area contributed by atoms with Crippen molar-refractivity contribution in [2.75, 3.05) is 0 Å². The Morgan fingerprint density at radius 2 is 1.74 bits per heavy atom. The molecule has 1 aromatic rings. The van der Waals surface area contributed by atoms with Crippen LogP contribution in [0.25, 0.3) is 0 Å². The molecule has 0 aliphatic heterocycles. The van der Waals surface area contributed by atoms with Crippen LogP contribution in [0.15, 0.2) is 36.9 Å². The summed E-state index contributed by atoms with van der Waals surface area (Å²) in [5.41, 5.74) is 2.26. The Morgan fingerprint density at radius 3 is 2.26 bits per heavy atom. The Bertz CT molecular complexity index is 406. The number of unbranched alkanes of at least 4 members (excludes halogenated alkanes) is 3. The molecule has 0 atom stereocenters. The van der Waals surface area contributed by atoms with Crippen LogP contribution in [0.1, 0.15) is 68.8 Å². The van der Waals surface area contributed by atoms with Crippen LogP contribution >= 0.6 is 0 Å². The molecule has 0 aliphatic carbocycles. The van der Waals surface area contributed by atoms with Crippen LogP contribution in [-0.4, -0.2) is 5.78 Å². The molecule has 0 aromatic heterocycles. The van der Waals surface area contributed by atoms with E-state index in [1.54, 1.807) is 0 Å². The van der Waals surface area contributed by atoms with Crippen molar-refractivity contribution in [3.63, 3.8) is 0 Å². The van der Waals surface area contributed by atoms with Gasteiger partial charge in [0.05, 0.1) is 0 Å². The molecule has 0 spiro atoms. The quantitative estimate of drug-likeness (QED) is 0.368. The lowest BCUT2D eigenvalue weighted by molar-refractivity contribution is 0.0979. The normalized spacial score (nSPS) is 11.3. The molecule has 104 valence electrons. The highest BCUT2D eigenvalue weighted by atomic mass is 16.1. The standard InChI is InChI=1S/C18H26O/c1-5-6-7-8-9-10-17(19)15-11-13-16(14-12-15)18(2,3)4/h5,11-14H,1,6-10H2,2-4H3. The first kappa shape index (κ1) is 15.7. The average molecular weight is 258 g/mol. The molecule has 0 unspecified atom stereocenters. The Kier molecular flexibility index (Phi) is 6.01. The minimum atomic E-state index is 0.145. The van der Waals surface area contributed by atoms with E-state index in [-0.39, 0.29) is 11.2 Å². The minimum absolute atomic E-state index is 0.145. The number of hydrogen-bond acceptors (Lipinski definition) is 1. The van der Waals surface area contributed by atoms with Gasteiger partial charge in [0.1, 0.15) is 0 Å². The smallest absolute Gasteiger partial charge is 0.162 e.